The fourth-order valence-electron chi connectivity index (χ4n) is 4.75. The van der Waals surface area contributed by atoms with Crippen LogP contribution in [0.25, 0.3) is 0 Å². The highest BCUT2D eigenvalue weighted by Gasteiger charge is 2.28. The summed E-state index contributed by atoms with van der Waals surface area (Å²) in [5.41, 5.74) is 1.33. The van der Waals surface area contributed by atoms with Crippen molar-refractivity contribution in [3.63, 3.8) is 0 Å². The number of aliphatic carboxylic acids is 1. The van der Waals surface area contributed by atoms with Crippen LogP contribution in [0.15, 0.2) is 24.3 Å². The normalized spacial score (nSPS) is 19.9. The fourth-order valence-corrected chi connectivity index (χ4v) is 4.75. The van der Waals surface area contributed by atoms with Crippen LogP contribution in [0.2, 0.25) is 0 Å². The molecule has 7 heteroatoms. The summed E-state index contributed by atoms with van der Waals surface area (Å²) in [6, 6.07) is 8.09. The molecule has 2 saturated heterocycles. The van der Waals surface area contributed by atoms with Gasteiger partial charge in [0.1, 0.15) is 5.75 Å². The van der Waals surface area contributed by atoms with E-state index in [-0.39, 0.29) is 11.8 Å². The average molecular weight is 459 g/mol. The van der Waals surface area contributed by atoms with Gasteiger partial charge in [-0.05, 0) is 68.9 Å². The van der Waals surface area contributed by atoms with Gasteiger partial charge in [0, 0.05) is 19.3 Å². The van der Waals surface area contributed by atoms with Crippen molar-refractivity contribution in [3.05, 3.63) is 29.8 Å². The predicted molar refractivity (Wildman–Crippen MR) is 126 cm³/mol. The SMILES string of the molecule is O=C(O)CCCCCCCCCN1CCC(c2ccc(OC3CCC(=O)NC3=O)cc2)CC1. The van der Waals surface area contributed by atoms with Gasteiger partial charge in [-0.1, -0.05) is 44.2 Å². The number of unbranched alkanes of at least 4 members (excludes halogenated alkanes) is 6. The topological polar surface area (TPSA) is 95.9 Å². The first-order chi connectivity index (χ1) is 16.0. The lowest BCUT2D eigenvalue weighted by atomic mass is 9.89. The maximum atomic E-state index is 11.9. The standard InChI is InChI=1S/C26H38N2O5/c29-24-14-13-23(26(32)27-24)33-22-11-9-20(10-12-22)21-15-18-28(19-16-21)17-7-5-3-1-2-4-6-8-25(30)31/h9-12,21,23H,1-8,13-19H2,(H,30,31)(H,27,29,32). The molecule has 1 atom stereocenters. The second kappa shape index (κ2) is 13.3. The molecule has 1 aromatic carbocycles. The Morgan fingerprint density at radius 2 is 1.58 bits per heavy atom. The molecular formula is C26H38N2O5. The third-order valence-corrected chi connectivity index (χ3v) is 6.77. The van der Waals surface area contributed by atoms with Crippen molar-refractivity contribution in [2.75, 3.05) is 19.6 Å². The molecule has 2 amide bonds. The third-order valence-electron chi connectivity index (χ3n) is 6.77. The van der Waals surface area contributed by atoms with Crippen LogP contribution in [0, 0.1) is 0 Å². The van der Waals surface area contributed by atoms with Crippen molar-refractivity contribution in [2.45, 2.75) is 89.1 Å². The van der Waals surface area contributed by atoms with Gasteiger partial charge in [0.15, 0.2) is 6.10 Å². The van der Waals surface area contributed by atoms with E-state index in [0.717, 1.165) is 45.2 Å². The highest BCUT2D eigenvalue weighted by Crippen LogP contribution is 2.30. The van der Waals surface area contributed by atoms with Gasteiger partial charge in [-0.15, -0.1) is 0 Å². The monoisotopic (exact) mass is 458 g/mol. The van der Waals surface area contributed by atoms with E-state index in [2.05, 4.69) is 22.3 Å². The number of nitrogens with one attached hydrogen (secondary N) is 1. The summed E-state index contributed by atoms with van der Waals surface area (Å²) in [7, 11) is 0. The van der Waals surface area contributed by atoms with E-state index in [0.29, 0.717) is 30.9 Å². The molecule has 0 aromatic heterocycles. The molecule has 7 nitrogen and oxygen atoms in total. The Labute approximate surface area is 196 Å². The summed E-state index contributed by atoms with van der Waals surface area (Å²) in [5.74, 6) is -0.0243. The Bertz CT molecular complexity index is 771. The van der Waals surface area contributed by atoms with Gasteiger partial charge in [0.2, 0.25) is 5.91 Å². The van der Waals surface area contributed by atoms with Crippen LogP contribution in [-0.4, -0.2) is 53.5 Å². The number of piperidine rings is 2. The number of amides is 2. The lowest BCUT2D eigenvalue weighted by Gasteiger charge is -2.32. The minimum atomic E-state index is -0.686. The number of ether oxygens (including phenoxy) is 1. The Morgan fingerprint density at radius 3 is 2.21 bits per heavy atom. The third kappa shape index (κ3) is 8.80. The molecule has 0 radical (unpaired) electrons. The van der Waals surface area contributed by atoms with E-state index in [1.165, 1.54) is 37.8 Å². The zero-order valence-corrected chi connectivity index (χ0v) is 19.6. The largest absolute Gasteiger partial charge is 0.481 e. The van der Waals surface area contributed by atoms with E-state index in [1.54, 1.807) is 0 Å². The van der Waals surface area contributed by atoms with E-state index < -0.39 is 12.1 Å². The molecule has 0 bridgehead atoms. The molecule has 3 rings (SSSR count). The van der Waals surface area contributed by atoms with Crippen LogP contribution in [0.4, 0.5) is 0 Å². The molecule has 1 unspecified atom stereocenters. The van der Waals surface area contributed by atoms with Crippen LogP contribution in [-0.2, 0) is 14.4 Å². The Morgan fingerprint density at radius 1 is 0.939 bits per heavy atom. The molecular weight excluding hydrogens is 420 g/mol. The lowest BCUT2D eigenvalue weighted by molar-refractivity contribution is -0.139. The summed E-state index contributed by atoms with van der Waals surface area (Å²) < 4.78 is 5.78. The molecule has 2 aliphatic rings. The van der Waals surface area contributed by atoms with Gasteiger partial charge in [-0.2, -0.15) is 0 Å². The second-order valence-electron chi connectivity index (χ2n) is 9.36. The number of carbonyl (C=O) groups excluding carboxylic acids is 2. The van der Waals surface area contributed by atoms with Gasteiger partial charge in [-0.3, -0.25) is 19.7 Å². The summed E-state index contributed by atoms with van der Waals surface area (Å²) in [6.45, 7) is 3.44. The van der Waals surface area contributed by atoms with Crippen LogP contribution < -0.4 is 10.1 Å². The van der Waals surface area contributed by atoms with E-state index >= 15 is 0 Å². The zero-order chi connectivity index (χ0) is 23.5. The number of hydrogen-bond acceptors (Lipinski definition) is 5. The maximum absolute atomic E-state index is 11.9. The number of likely N-dealkylation sites (tertiary alicyclic amines) is 1. The molecule has 0 spiro atoms. The number of rotatable bonds is 13. The minimum absolute atomic E-state index is 0.230. The molecule has 2 heterocycles. The average Bonchev–Trinajstić information content (AvgIpc) is 2.80. The summed E-state index contributed by atoms with van der Waals surface area (Å²) in [4.78, 5) is 36.2. The first-order valence-electron chi connectivity index (χ1n) is 12.6. The van der Waals surface area contributed by atoms with Crippen molar-refractivity contribution in [2.24, 2.45) is 0 Å². The van der Waals surface area contributed by atoms with Gasteiger partial charge in [0.25, 0.3) is 5.91 Å². The summed E-state index contributed by atoms with van der Waals surface area (Å²) in [5, 5.41) is 11.0. The van der Waals surface area contributed by atoms with Crippen molar-refractivity contribution in [3.8, 4) is 5.75 Å². The lowest BCUT2D eigenvalue weighted by Crippen LogP contribution is -2.46. The molecule has 0 aliphatic carbocycles. The first-order valence-corrected chi connectivity index (χ1v) is 12.6. The molecule has 2 fully saturated rings. The number of carboxylic acids is 1. The first kappa shape index (κ1) is 25.2. The van der Waals surface area contributed by atoms with Crippen LogP contribution in [0.1, 0.15) is 88.5 Å². The van der Waals surface area contributed by atoms with Crippen molar-refractivity contribution >= 4 is 17.8 Å². The van der Waals surface area contributed by atoms with E-state index in [1.807, 2.05) is 12.1 Å². The van der Waals surface area contributed by atoms with Crippen molar-refractivity contribution < 1.29 is 24.2 Å². The van der Waals surface area contributed by atoms with E-state index in [4.69, 9.17) is 9.84 Å². The van der Waals surface area contributed by atoms with Crippen molar-refractivity contribution in [1.82, 2.24) is 10.2 Å². The van der Waals surface area contributed by atoms with Gasteiger partial charge < -0.3 is 14.7 Å². The number of imide groups is 1. The molecule has 182 valence electrons. The number of carboxylic acid groups (broad SMARTS) is 1. The predicted octanol–water partition coefficient (Wildman–Crippen LogP) is 4.26. The van der Waals surface area contributed by atoms with E-state index in [9.17, 15) is 14.4 Å². The van der Waals surface area contributed by atoms with Gasteiger partial charge >= 0.3 is 5.97 Å². The smallest absolute Gasteiger partial charge is 0.303 e. The molecule has 1 aromatic rings. The maximum Gasteiger partial charge on any atom is 0.303 e. The Kier molecular flexibility index (Phi) is 10.2. The van der Waals surface area contributed by atoms with Gasteiger partial charge in [0.05, 0.1) is 0 Å². The quantitative estimate of drug-likeness (QED) is 0.339. The molecule has 33 heavy (non-hydrogen) atoms. The van der Waals surface area contributed by atoms with Crippen LogP contribution >= 0.6 is 0 Å². The number of carbonyl (C=O) groups is 3. The number of nitrogens with zero attached hydrogens (tertiary/aromatic N) is 1. The number of benzene rings is 1. The summed E-state index contributed by atoms with van der Waals surface area (Å²) >= 11 is 0. The van der Waals surface area contributed by atoms with Crippen molar-refractivity contribution in [1.29, 1.82) is 0 Å². The summed E-state index contributed by atoms with van der Waals surface area (Å²) in [6.07, 6.45) is 10.7. The van der Waals surface area contributed by atoms with Crippen LogP contribution in [0.3, 0.4) is 0 Å². The highest BCUT2D eigenvalue weighted by atomic mass is 16.5. The molecule has 0 saturated carbocycles. The van der Waals surface area contributed by atoms with Crippen LogP contribution in [0.5, 0.6) is 5.75 Å². The second-order valence-corrected chi connectivity index (χ2v) is 9.36. The highest BCUT2D eigenvalue weighted by molar-refractivity contribution is 5.99. The Balaban J connectivity index is 1.27. The fraction of sp³-hybridized carbons (Fsp3) is 0.654. The number of hydrogen-bond donors (Lipinski definition) is 2. The zero-order valence-electron chi connectivity index (χ0n) is 19.6. The Hall–Kier alpha value is -2.41. The van der Waals surface area contributed by atoms with Gasteiger partial charge in [-0.25, -0.2) is 0 Å². The minimum Gasteiger partial charge on any atom is -0.481 e. The molecule has 2 aliphatic heterocycles. The molecule has 2 N–H and O–H groups in total.